The highest BCUT2D eigenvalue weighted by atomic mass is 35.5. The quantitative estimate of drug-likeness (QED) is 0.177. The molecule has 1 saturated heterocycles. The minimum Gasteiger partial charge on any atom is -0.467 e. The molecule has 4 aliphatic carbocycles. The molecule has 0 radical (unpaired) electrons. The van der Waals surface area contributed by atoms with E-state index < -0.39 is 18.1 Å². The van der Waals surface area contributed by atoms with Gasteiger partial charge in [-0.3, -0.25) is 9.59 Å². The summed E-state index contributed by atoms with van der Waals surface area (Å²) in [6.07, 6.45) is 14.9. The minimum atomic E-state index is -0.717. The zero-order valence-corrected chi connectivity index (χ0v) is 32.8. The fourth-order valence-corrected chi connectivity index (χ4v) is 11.7. The van der Waals surface area contributed by atoms with E-state index in [2.05, 4.69) is 31.0 Å². The maximum atomic E-state index is 13.3. The lowest BCUT2D eigenvalue weighted by Crippen LogP contribution is -2.54. The largest absolute Gasteiger partial charge is 0.467 e. The van der Waals surface area contributed by atoms with Crippen LogP contribution in [0.2, 0.25) is 0 Å². The number of carbonyl (C=O) groups excluding carboxylic acids is 3. The Labute approximate surface area is 308 Å². The summed E-state index contributed by atoms with van der Waals surface area (Å²) >= 11 is 0. The first-order chi connectivity index (χ1) is 22.3. The van der Waals surface area contributed by atoms with Crippen molar-refractivity contribution in [2.45, 2.75) is 141 Å². The van der Waals surface area contributed by atoms with Crippen LogP contribution in [0, 0.1) is 46.3 Å². The van der Waals surface area contributed by atoms with E-state index in [1.54, 1.807) is 0 Å². The summed E-state index contributed by atoms with van der Waals surface area (Å²) in [5.41, 5.74) is 7.03. The van der Waals surface area contributed by atoms with Crippen molar-refractivity contribution in [2.24, 2.45) is 52.1 Å². The van der Waals surface area contributed by atoms with Crippen molar-refractivity contribution in [3.8, 4) is 0 Å². The number of unbranched alkanes of at least 4 members (excludes halogenated alkanes) is 1. The van der Waals surface area contributed by atoms with Crippen molar-refractivity contribution in [1.82, 2.24) is 15.1 Å². The zero-order chi connectivity index (χ0) is 34.1. The third-order valence-corrected chi connectivity index (χ3v) is 14.3. The number of nitrogens with one attached hydrogen (secondary N) is 1. The molecule has 0 spiro atoms. The van der Waals surface area contributed by atoms with E-state index in [1.165, 1.54) is 57.0 Å². The summed E-state index contributed by atoms with van der Waals surface area (Å²) < 4.78 is 5.03. The lowest BCUT2D eigenvalue weighted by atomic mass is 9.44. The number of nitrogens with zero attached hydrogens (tertiary/aromatic N) is 2. The van der Waals surface area contributed by atoms with E-state index in [4.69, 9.17) is 10.5 Å². The predicted octanol–water partition coefficient (Wildman–Crippen LogP) is 5.58. The van der Waals surface area contributed by atoms with E-state index in [1.807, 2.05) is 14.1 Å². The number of aliphatic hydroxyl groups excluding tert-OH is 1. The molecule has 5 aliphatic rings. The Balaban J connectivity index is 0.00000325. The Morgan fingerprint density at radius 3 is 2.35 bits per heavy atom. The third kappa shape index (κ3) is 8.92. The summed E-state index contributed by atoms with van der Waals surface area (Å²) in [7, 11) is 5.39. The monoisotopic (exact) mass is 730 g/mol. The maximum absolute atomic E-state index is 13.3. The Morgan fingerprint density at radius 1 is 0.959 bits per heavy atom. The van der Waals surface area contributed by atoms with Crippen molar-refractivity contribution < 1.29 is 24.2 Å². The van der Waals surface area contributed by atoms with Crippen molar-refractivity contribution in [2.75, 3.05) is 34.3 Å². The summed E-state index contributed by atoms with van der Waals surface area (Å²) in [6.45, 7) is 8.73. The molecular formula is C38H68Cl2N4O5. The van der Waals surface area contributed by atoms with Gasteiger partial charge < -0.3 is 30.7 Å². The molecule has 0 aromatic carbocycles. The number of likely N-dealkylation sites (tertiary alicyclic amines) is 1. The molecule has 1 aliphatic heterocycles. The lowest BCUT2D eigenvalue weighted by molar-refractivity contribution is -0.151. The fraction of sp³-hybridized carbons (Fsp3) is 0.921. The molecule has 2 amide bonds. The van der Waals surface area contributed by atoms with Gasteiger partial charge in [0.15, 0.2) is 0 Å². The number of amides is 2. The lowest BCUT2D eigenvalue weighted by Gasteiger charge is -2.61. The van der Waals surface area contributed by atoms with Crippen LogP contribution in [0.1, 0.15) is 117 Å². The van der Waals surface area contributed by atoms with Gasteiger partial charge in [-0.25, -0.2) is 4.79 Å². The van der Waals surface area contributed by atoms with E-state index in [0.717, 1.165) is 56.4 Å². The predicted molar refractivity (Wildman–Crippen MR) is 199 cm³/mol. The summed E-state index contributed by atoms with van der Waals surface area (Å²) in [4.78, 5) is 42.8. The second-order valence-electron chi connectivity index (χ2n) is 17.3. The number of hydrogen-bond donors (Lipinski definition) is 3. The number of ether oxygens (including phenoxy) is 1. The summed E-state index contributed by atoms with van der Waals surface area (Å²) in [5, 5.41) is 13.5. The number of fused-ring (bicyclic) bond motifs is 5. The maximum Gasteiger partial charge on any atom is 0.328 e. The van der Waals surface area contributed by atoms with Gasteiger partial charge in [0.1, 0.15) is 6.04 Å². The van der Waals surface area contributed by atoms with Crippen LogP contribution in [-0.2, 0) is 19.1 Å². The van der Waals surface area contributed by atoms with Crippen LogP contribution in [-0.4, -0.2) is 91.2 Å². The van der Waals surface area contributed by atoms with Gasteiger partial charge in [-0.05, 0) is 144 Å². The Morgan fingerprint density at radius 2 is 1.65 bits per heavy atom. The molecule has 9 nitrogen and oxygen atoms in total. The van der Waals surface area contributed by atoms with Crippen LogP contribution in [0.5, 0.6) is 0 Å². The first-order valence-corrected chi connectivity index (χ1v) is 19.0. The van der Waals surface area contributed by atoms with Crippen LogP contribution >= 0.6 is 24.8 Å². The smallest absolute Gasteiger partial charge is 0.328 e. The normalized spacial score (nSPS) is 37.9. The summed E-state index contributed by atoms with van der Waals surface area (Å²) in [6, 6.07) is -1.67. The minimum absolute atomic E-state index is 0. The molecule has 0 aromatic rings. The van der Waals surface area contributed by atoms with Crippen molar-refractivity contribution in [1.29, 1.82) is 0 Å². The average Bonchev–Trinajstić information content (AvgIpc) is 3.62. The second kappa shape index (κ2) is 17.6. The Kier molecular flexibility index (Phi) is 15.2. The van der Waals surface area contributed by atoms with Crippen LogP contribution in [0.4, 0.5) is 0 Å². The molecule has 11 heteroatoms. The van der Waals surface area contributed by atoms with Gasteiger partial charge in [0.2, 0.25) is 11.8 Å². The number of nitrogens with two attached hydrogens (primary N) is 1. The second-order valence-corrected chi connectivity index (χ2v) is 17.3. The molecule has 5 fully saturated rings. The molecule has 0 bridgehead atoms. The molecule has 4 saturated carbocycles. The van der Waals surface area contributed by atoms with Crippen molar-refractivity contribution in [3.05, 3.63) is 0 Å². The van der Waals surface area contributed by atoms with Crippen LogP contribution in [0.25, 0.3) is 0 Å². The number of hydrogen-bond acceptors (Lipinski definition) is 7. The molecule has 49 heavy (non-hydrogen) atoms. The molecular weight excluding hydrogens is 663 g/mol. The van der Waals surface area contributed by atoms with Crippen LogP contribution in [0.15, 0.2) is 0 Å². The molecule has 5 rings (SSSR count). The van der Waals surface area contributed by atoms with E-state index >= 15 is 0 Å². The molecule has 284 valence electrons. The highest BCUT2D eigenvalue weighted by Crippen LogP contribution is 2.68. The number of aliphatic hydroxyl groups is 1. The standard InChI is InChI=1S/C38H66N4O5.2ClH/c1-24(29-13-14-30-28-12-11-25-21-27(43)16-18-37(25,2)31(28)17-19-38(29,30)3)10-15-34(44)40-26-22-33(36(46)47-6)42(23-26)35(45)32(39)9-7-8-20-41(4)5;;/h24-33,43H,7-23,39H2,1-6H3,(H,40,44);2*1H/t24-,25?,26+,27-,28?,29-,30?,31?,32?,33+,37+,38-;;/m1../s1. The van der Waals surface area contributed by atoms with Crippen molar-refractivity contribution in [3.63, 3.8) is 0 Å². The highest BCUT2D eigenvalue weighted by Gasteiger charge is 2.60. The van der Waals surface area contributed by atoms with Crippen LogP contribution < -0.4 is 11.1 Å². The van der Waals surface area contributed by atoms with E-state index in [-0.39, 0.29) is 55.3 Å². The van der Waals surface area contributed by atoms with E-state index in [0.29, 0.717) is 47.8 Å². The van der Waals surface area contributed by atoms with Gasteiger partial charge in [0.05, 0.1) is 19.3 Å². The number of halogens is 2. The van der Waals surface area contributed by atoms with E-state index in [9.17, 15) is 19.5 Å². The first-order valence-electron chi connectivity index (χ1n) is 19.0. The third-order valence-electron chi connectivity index (χ3n) is 14.3. The Bertz CT molecular complexity index is 1130. The Hall–Kier alpha value is -1.13. The average molecular weight is 732 g/mol. The fourth-order valence-electron chi connectivity index (χ4n) is 11.7. The number of esters is 1. The number of rotatable bonds is 12. The molecule has 0 aromatic heterocycles. The number of methoxy groups -OCH3 is 1. The SMILES string of the molecule is COC(=O)[C@@H]1C[C@H](NC(=O)CC[C@@H](C)[C@H]2CCC3C4CCC5C[C@H](O)CC[C@]5(C)C4CC[C@@]32C)CN1C(=O)C(N)CCCCN(C)C.Cl.Cl. The van der Waals surface area contributed by atoms with Gasteiger partial charge in [0.25, 0.3) is 0 Å². The van der Waals surface area contributed by atoms with Gasteiger partial charge >= 0.3 is 5.97 Å². The van der Waals surface area contributed by atoms with Gasteiger partial charge in [-0.1, -0.05) is 27.2 Å². The van der Waals surface area contributed by atoms with Gasteiger partial charge in [-0.2, -0.15) is 0 Å². The first kappa shape index (κ1) is 42.3. The zero-order valence-electron chi connectivity index (χ0n) is 31.2. The molecule has 5 unspecified atom stereocenters. The highest BCUT2D eigenvalue weighted by molar-refractivity contribution is 5.88. The molecule has 12 atom stereocenters. The van der Waals surface area contributed by atoms with Gasteiger partial charge in [-0.15, -0.1) is 24.8 Å². The van der Waals surface area contributed by atoms with Gasteiger partial charge in [0, 0.05) is 25.4 Å². The van der Waals surface area contributed by atoms with Crippen LogP contribution in [0.3, 0.4) is 0 Å². The molecule has 1 heterocycles. The molecule has 4 N–H and O–H groups in total. The van der Waals surface area contributed by atoms with Crippen molar-refractivity contribution >= 4 is 42.6 Å². The number of carbonyl (C=O) groups is 3. The summed E-state index contributed by atoms with van der Waals surface area (Å²) in [5.74, 6) is 3.51. The topological polar surface area (TPSA) is 125 Å².